The quantitative estimate of drug-likeness (QED) is 0.187. The third-order valence-electron chi connectivity index (χ3n) is 10.5. The summed E-state index contributed by atoms with van der Waals surface area (Å²) in [6, 6.07) is 43.7. The van der Waals surface area contributed by atoms with E-state index in [0.29, 0.717) is 23.4 Å². The van der Waals surface area contributed by atoms with Gasteiger partial charge in [-0.1, -0.05) is 134 Å². The molecule has 0 bridgehead atoms. The molecule has 0 spiro atoms. The van der Waals surface area contributed by atoms with Gasteiger partial charge in [-0.3, -0.25) is 0 Å². The van der Waals surface area contributed by atoms with E-state index in [0.717, 1.165) is 71.7 Å². The Labute approximate surface area is 298 Å². The minimum atomic E-state index is 0.265. The zero-order valence-corrected chi connectivity index (χ0v) is 27.9. The van der Waals surface area contributed by atoms with Crippen LogP contribution in [0.5, 0.6) is 0 Å². The molecule has 6 aromatic carbocycles. The van der Waals surface area contributed by atoms with Crippen molar-refractivity contribution in [2.75, 3.05) is 0 Å². The maximum absolute atomic E-state index is 6.50. The second-order valence-corrected chi connectivity index (χ2v) is 13.5. The van der Waals surface area contributed by atoms with Gasteiger partial charge in [0.2, 0.25) is 0 Å². The van der Waals surface area contributed by atoms with E-state index in [1.165, 1.54) is 11.1 Å². The van der Waals surface area contributed by atoms with Gasteiger partial charge in [-0.2, -0.15) is 0 Å². The van der Waals surface area contributed by atoms with Gasteiger partial charge in [0.1, 0.15) is 22.3 Å². The molecule has 3 aromatic heterocycles. The SMILES string of the molecule is C1=CC2C=Cc3ccc(-c4nc(-c5ccccc5-c5cccc6oc7ccccc7c56)nc(-c5cccc6c5oc5ccccc56)n4)cc3C2C=C1. The summed E-state index contributed by atoms with van der Waals surface area (Å²) in [4.78, 5) is 15.7. The monoisotopic (exact) mass is 667 g/mol. The van der Waals surface area contributed by atoms with Crippen LogP contribution in [0, 0.1) is 5.92 Å². The maximum atomic E-state index is 6.50. The lowest BCUT2D eigenvalue weighted by atomic mass is 9.77. The van der Waals surface area contributed by atoms with Crippen LogP contribution in [-0.4, -0.2) is 15.0 Å². The van der Waals surface area contributed by atoms with Crippen LogP contribution in [0.25, 0.3) is 95.2 Å². The topological polar surface area (TPSA) is 65.0 Å². The van der Waals surface area contributed by atoms with Gasteiger partial charge in [0.15, 0.2) is 17.5 Å². The minimum Gasteiger partial charge on any atom is -0.456 e. The first-order chi connectivity index (χ1) is 25.8. The first-order valence-electron chi connectivity index (χ1n) is 17.6. The fourth-order valence-corrected chi connectivity index (χ4v) is 8.07. The van der Waals surface area contributed by atoms with Crippen LogP contribution in [0.2, 0.25) is 0 Å². The Hall–Kier alpha value is -6.85. The van der Waals surface area contributed by atoms with Gasteiger partial charge in [0, 0.05) is 44.5 Å². The van der Waals surface area contributed by atoms with E-state index in [1.807, 2.05) is 54.6 Å². The van der Waals surface area contributed by atoms with Crippen molar-refractivity contribution in [3.05, 3.63) is 169 Å². The van der Waals surface area contributed by atoms with Crippen LogP contribution in [0.3, 0.4) is 0 Å². The molecule has 0 fully saturated rings. The maximum Gasteiger partial charge on any atom is 0.167 e. The summed E-state index contributed by atoms with van der Waals surface area (Å²) in [6.45, 7) is 0. The second kappa shape index (κ2) is 11.3. The summed E-state index contributed by atoms with van der Waals surface area (Å²) in [5.74, 6) is 2.35. The van der Waals surface area contributed by atoms with Crippen LogP contribution >= 0.6 is 0 Å². The lowest BCUT2D eigenvalue weighted by molar-refractivity contribution is 0.669. The lowest BCUT2D eigenvalue weighted by Crippen LogP contribution is -2.13. The van der Waals surface area contributed by atoms with Crippen LogP contribution in [0.1, 0.15) is 17.0 Å². The first kappa shape index (κ1) is 28.9. The summed E-state index contributed by atoms with van der Waals surface area (Å²) in [5.41, 5.74) is 10.5. The number of aromatic nitrogens is 3. The van der Waals surface area contributed by atoms with Crippen molar-refractivity contribution in [2.24, 2.45) is 5.92 Å². The third kappa shape index (κ3) is 4.46. The molecule has 0 saturated carbocycles. The Morgan fingerprint density at radius 3 is 2.02 bits per heavy atom. The van der Waals surface area contributed by atoms with Crippen molar-refractivity contribution in [3.63, 3.8) is 0 Å². The highest BCUT2D eigenvalue weighted by molar-refractivity contribution is 6.13. The molecule has 11 rings (SSSR count). The highest BCUT2D eigenvalue weighted by atomic mass is 16.3. The minimum absolute atomic E-state index is 0.265. The molecule has 0 N–H and O–H groups in total. The molecule has 0 amide bonds. The molecule has 2 aliphatic rings. The van der Waals surface area contributed by atoms with Crippen molar-refractivity contribution >= 4 is 50.0 Å². The van der Waals surface area contributed by atoms with Gasteiger partial charge in [0.25, 0.3) is 0 Å². The molecular formula is C47H29N3O2. The number of furan rings is 2. The lowest BCUT2D eigenvalue weighted by Gasteiger charge is -2.27. The van der Waals surface area contributed by atoms with E-state index in [2.05, 4.69) is 109 Å². The van der Waals surface area contributed by atoms with Gasteiger partial charge in [-0.25, -0.2) is 15.0 Å². The molecule has 0 radical (unpaired) electrons. The number of nitrogens with zero attached hydrogens (tertiary/aromatic N) is 3. The normalized spacial score (nSPS) is 16.2. The Morgan fingerprint density at radius 1 is 0.462 bits per heavy atom. The zero-order chi connectivity index (χ0) is 34.2. The average molecular weight is 668 g/mol. The summed E-state index contributed by atoms with van der Waals surface area (Å²) < 4.78 is 12.8. The van der Waals surface area contributed by atoms with E-state index in [-0.39, 0.29) is 5.92 Å². The second-order valence-electron chi connectivity index (χ2n) is 13.5. The highest BCUT2D eigenvalue weighted by Gasteiger charge is 2.26. The number of allylic oxidation sites excluding steroid dienone is 5. The van der Waals surface area contributed by atoms with Gasteiger partial charge < -0.3 is 8.83 Å². The summed E-state index contributed by atoms with van der Waals surface area (Å²) in [6.07, 6.45) is 13.4. The van der Waals surface area contributed by atoms with Gasteiger partial charge in [-0.15, -0.1) is 0 Å². The van der Waals surface area contributed by atoms with E-state index in [4.69, 9.17) is 23.8 Å². The smallest absolute Gasteiger partial charge is 0.167 e. The van der Waals surface area contributed by atoms with Gasteiger partial charge in [-0.05, 0) is 52.6 Å². The molecule has 2 atom stereocenters. The first-order valence-corrected chi connectivity index (χ1v) is 17.6. The van der Waals surface area contributed by atoms with Crippen molar-refractivity contribution < 1.29 is 8.83 Å². The molecule has 2 aliphatic carbocycles. The average Bonchev–Trinajstić information content (AvgIpc) is 3.79. The predicted octanol–water partition coefficient (Wildman–Crippen LogP) is 12.2. The molecule has 0 aliphatic heterocycles. The number of para-hydroxylation sites is 3. The molecule has 2 unspecified atom stereocenters. The molecular weight excluding hydrogens is 639 g/mol. The number of benzene rings is 6. The highest BCUT2D eigenvalue weighted by Crippen LogP contribution is 2.43. The van der Waals surface area contributed by atoms with Gasteiger partial charge in [0.05, 0.1) is 5.56 Å². The van der Waals surface area contributed by atoms with E-state index in [1.54, 1.807) is 0 Å². The van der Waals surface area contributed by atoms with Crippen molar-refractivity contribution in [1.82, 2.24) is 15.0 Å². The number of fused-ring (bicyclic) bond motifs is 9. The molecule has 3 heterocycles. The van der Waals surface area contributed by atoms with Gasteiger partial charge >= 0.3 is 0 Å². The summed E-state index contributed by atoms with van der Waals surface area (Å²) in [5, 5.41) is 4.23. The van der Waals surface area contributed by atoms with E-state index in [9.17, 15) is 0 Å². The van der Waals surface area contributed by atoms with Crippen LogP contribution in [0.15, 0.2) is 167 Å². The fourth-order valence-electron chi connectivity index (χ4n) is 8.07. The Kier molecular flexibility index (Phi) is 6.31. The van der Waals surface area contributed by atoms with Crippen molar-refractivity contribution in [3.8, 4) is 45.3 Å². The predicted molar refractivity (Wildman–Crippen MR) is 210 cm³/mol. The van der Waals surface area contributed by atoms with Crippen LogP contribution in [0.4, 0.5) is 0 Å². The largest absolute Gasteiger partial charge is 0.456 e. The van der Waals surface area contributed by atoms with Crippen LogP contribution in [-0.2, 0) is 0 Å². The Balaban J connectivity index is 1.16. The van der Waals surface area contributed by atoms with Crippen molar-refractivity contribution in [1.29, 1.82) is 0 Å². The molecule has 52 heavy (non-hydrogen) atoms. The number of hydrogen-bond acceptors (Lipinski definition) is 5. The summed E-state index contributed by atoms with van der Waals surface area (Å²) in [7, 11) is 0. The van der Waals surface area contributed by atoms with E-state index < -0.39 is 0 Å². The number of hydrogen-bond donors (Lipinski definition) is 0. The van der Waals surface area contributed by atoms with E-state index >= 15 is 0 Å². The molecule has 0 saturated heterocycles. The zero-order valence-electron chi connectivity index (χ0n) is 27.9. The Bertz CT molecular complexity index is 3000. The van der Waals surface area contributed by atoms with Crippen LogP contribution < -0.4 is 0 Å². The third-order valence-corrected chi connectivity index (χ3v) is 10.5. The molecule has 5 nitrogen and oxygen atoms in total. The summed E-state index contributed by atoms with van der Waals surface area (Å²) >= 11 is 0. The standard InChI is InChI=1S/C47H29N3O2/c1-2-12-31-28(11-1)23-24-29-25-26-30(27-39(29)31)45-48-46(50-47(49-45)38-19-9-18-35-33-14-5-7-20-40(33)52-44(35)38)36-15-4-3-13-32(36)34-17-10-22-42-43(34)37-16-6-8-21-41(37)51-42/h1-28,31H. The molecule has 5 heteroatoms. The fraction of sp³-hybridized carbons (Fsp3) is 0.0426. The Morgan fingerprint density at radius 2 is 1.12 bits per heavy atom. The molecule has 9 aromatic rings. The van der Waals surface area contributed by atoms with Crippen molar-refractivity contribution in [2.45, 2.75) is 5.92 Å². The molecule has 244 valence electrons. The number of rotatable bonds is 4.